The van der Waals surface area contributed by atoms with E-state index >= 15 is 0 Å². The van der Waals surface area contributed by atoms with E-state index in [4.69, 9.17) is 10.00 Å². The molecule has 0 unspecified atom stereocenters. The Labute approximate surface area is 167 Å². The van der Waals surface area contributed by atoms with Gasteiger partial charge in [-0.05, 0) is 43.3 Å². The topological polar surface area (TPSA) is 117 Å². The molecule has 0 aliphatic carbocycles. The van der Waals surface area contributed by atoms with E-state index in [1.807, 2.05) is 6.07 Å². The second kappa shape index (κ2) is 9.10. The summed E-state index contributed by atoms with van der Waals surface area (Å²) in [5, 5.41) is 14.5. The van der Waals surface area contributed by atoms with E-state index in [2.05, 4.69) is 20.6 Å². The minimum absolute atomic E-state index is 0.233. The number of esters is 1. The first-order valence-electron chi connectivity index (χ1n) is 8.77. The third kappa shape index (κ3) is 4.93. The molecule has 0 fully saturated rings. The first kappa shape index (κ1) is 19.5. The number of hydrogen-bond donors (Lipinski definition) is 2. The highest BCUT2D eigenvalue weighted by molar-refractivity contribution is 6.04. The highest BCUT2D eigenvalue weighted by Gasteiger charge is 2.13. The Hall–Kier alpha value is -4.25. The number of carbonyl (C=O) groups is 2. The van der Waals surface area contributed by atoms with Crippen molar-refractivity contribution >= 4 is 29.2 Å². The Kier molecular flexibility index (Phi) is 6.12. The van der Waals surface area contributed by atoms with Crippen molar-refractivity contribution in [3.63, 3.8) is 0 Å². The fourth-order valence-electron chi connectivity index (χ4n) is 2.44. The van der Waals surface area contributed by atoms with E-state index in [1.54, 1.807) is 55.5 Å². The number of ether oxygens (including phenoxy) is 1. The van der Waals surface area contributed by atoms with Crippen LogP contribution in [0.5, 0.6) is 0 Å². The van der Waals surface area contributed by atoms with Crippen LogP contribution in [-0.2, 0) is 4.74 Å². The van der Waals surface area contributed by atoms with Crippen LogP contribution < -0.4 is 10.6 Å². The first-order valence-corrected chi connectivity index (χ1v) is 8.77. The van der Waals surface area contributed by atoms with Gasteiger partial charge in [-0.1, -0.05) is 12.1 Å². The van der Waals surface area contributed by atoms with Crippen LogP contribution in [-0.4, -0.2) is 28.5 Å². The van der Waals surface area contributed by atoms with E-state index in [9.17, 15) is 9.59 Å². The van der Waals surface area contributed by atoms with Crippen LogP contribution in [0.15, 0.2) is 60.9 Å². The summed E-state index contributed by atoms with van der Waals surface area (Å²) in [5.74, 6) is -0.598. The summed E-state index contributed by atoms with van der Waals surface area (Å²) < 4.78 is 5.04. The highest BCUT2D eigenvalue weighted by atomic mass is 16.5. The zero-order chi connectivity index (χ0) is 20.6. The molecule has 8 nitrogen and oxygen atoms in total. The van der Waals surface area contributed by atoms with Gasteiger partial charge in [0.2, 0.25) is 5.95 Å². The molecule has 3 aromatic rings. The Morgan fingerprint density at radius 1 is 1.07 bits per heavy atom. The number of nitrogens with zero attached hydrogens (tertiary/aromatic N) is 3. The second-order valence-electron chi connectivity index (χ2n) is 5.83. The normalized spacial score (nSPS) is 9.93. The number of anilines is 3. The lowest BCUT2D eigenvalue weighted by Gasteiger charge is -2.10. The number of nitriles is 1. The van der Waals surface area contributed by atoms with Crippen molar-refractivity contribution in [1.82, 2.24) is 9.97 Å². The molecule has 2 aromatic carbocycles. The van der Waals surface area contributed by atoms with Gasteiger partial charge in [0.15, 0.2) is 0 Å². The molecule has 0 atom stereocenters. The van der Waals surface area contributed by atoms with Gasteiger partial charge in [-0.25, -0.2) is 14.8 Å². The first-order chi connectivity index (χ1) is 14.1. The molecule has 0 spiro atoms. The van der Waals surface area contributed by atoms with E-state index in [1.165, 1.54) is 12.4 Å². The fourth-order valence-corrected chi connectivity index (χ4v) is 2.44. The number of amides is 1. The molecular weight excluding hydrogens is 370 g/mol. The summed E-state index contributed by atoms with van der Waals surface area (Å²) in [6.45, 7) is 2.01. The van der Waals surface area contributed by atoms with Gasteiger partial charge in [0.25, 0.3) is 5.91 Å². The minimum atomic E-state index is -0.450. The molecule has 2 N–H and O–H groups in total. The van der Waals surface area contributed by atoms with Gasteiger partial charge in [0.05, 0.1) is 35.1 Å². The third-order valence-electron chi connectivity index (χ3n) is 3.85. The molecule has 3 rings (SSSR count). The Balaban J connectivity index is 1.70. The standard InChI is InChI=1S/C21H17N5O3/c1-2-29-20(28)17-5-3-4-6-18(17)26-21-23-12-15(13-24-21)19(27)25-16-9-7-14(11-22)8-10-16/h3-10,12-13H,2H2,1H3,(H,25,27)(H,23,24,26). The number of aromatic nitrogens is 2. The van der Waals surface area contributed by atoms with E-state index in [0.717, 1.165) is 0 Å². The Morgan fingerprint density at radius 2 is 1.76 bits per heavy atom. The van der Waals surface area contributed by atoms with Gasteiger partial charge in [-0.3, -0.25) is 4.79 Å². The average Bonchev–Trinajstić information content (AvgIpc) is 2.75. The molecule has 1 heterocycles. The minimum Gasteiger partial charge on any atom is -0.462 e. The van der Waals surface area contributed by atoms with Crippen molar-refractivity contribution in [2.75, 3.05) is 17.2 Å². The van der Waals surface area contributed by atoms with Crippen LogP contribution in [0.25, 0.3) is 0 Å². The Morgan fingerprint density at radius 3 is 2.41 bits per heavy atom. The molecule has 0 radical (unpaired) electrons. The number of hydrogen-bond acceptors (Lipinski definition) is 7. The predicted octanol–water partition coefficient (Wildman–Crippen LogP) is 3.52. The van der Waals surface area contributed by atoms with Crippen molar-refractivity contribution in [2.45, 2.75) is 6.92 Å². The van der Waals surface area contributed by atoms with Crippen LogP contribution in [0.4, 0.5) is 17.3 Å². The summed E-state index contributed by atoms with van der Waals surface area (Å²) in [6.07, 6.45) is 2.75. The number of benzene rings is 2. The highest BCUT2D eigenvalue weighted by Crippen LogP contribution is 2.19. The SMILES string of the molecule is CCOC(=O)c1ccccc1Nc1ncc(C(=O)Nc2ccc(C#N)cc2)cn1. The summed E-state index contributed by atoms with van der Waals surface area (Å²) in [6, 6.07) is 15.4. The van der Waals surface area contributed by atoms with Crippen molar-refractivity contribution in [3.8, 4) is 6.07 Å². The van der Waals surface area contributed by atoms with Gasteiger partial charge in [0, 0.05) is 18.1 Å². The van der Waals surface area contributed by atoms with Crippen molar-refractivity contribution < 1.29 is 14.3 Å². The molecule has 0 aliphatic rings. The van der Waals surface area contributed by atoms with Crippen molar-refractivity contribution in [3.05, 3.63) is 77.6 Å². The monoisotopic (exact) mass is 387 g/mol. The van der Waals surface area contributed by atoms with Gasteiger partial charge in [0.1, 0.15) is 0 Å². The zero-order valence-electron chi connectivity index (χ0n) is 15.5. The summed E-state index contributed by atoms with van der Waals surface area (Å²) in [7, 11) is 0. The van der Waals surface area contributed by atoms with Crippen molar-refractivity contribution in [1.29, 1.82) is 5.26 Å². The molecule has 144 valence electrons. The molecule has 29 heavy (non-hydrogen) atoms. The maximum absolute atomic E-state index is 12.3. The van der Waals surface area contributed by atoms with E-state index in [-0.39, 0.29) is 24.0 Å². The summed E-state index contributed by atoms with van der Waals surface area (Å²) in [5.41, 5.74) is 2.18. The fraction of sp³-hybridized carbons (Fsp3) is 0.0952. The smallest absolute Gasteiger partial charge is 0.340 e. The lowest BCUT2D eigenvalue weighted by Crippen LogP contribution is -2.13. The molecular formula is C21H17N5O3. The predicted molar refractivity (Wildman–Crippen MR) is 107 cm³/mol. The van der Waals surface area contributed by atoms with Crippen LogP contribution in [0.3, 0.4) is 0 Å². The van der Waals surface area contributed by atoms with Crippen LogP contribution in [0.1, 0.15) is 33.2 Å². The van der Waals surface area contributed by atoms with E-state index < -0.39 is 5.97 Å². The molecule has 0 saturated heterocycles. The summed E-state index contributed by atoms with van der Waals surface area (Å²) in [4.78, 5) is 32.6. The largest absolute Gasteiger partial charge is 0.462 e. The molecule has 0 saturated carbocycles. The molecule has 8 heteroatoms. The van der Waals surface area contributed by atoms with Crippen LogP contribution >= 0.6 is 0 Å². The van der Waals surface area contributed by atoms with Gasteiger partial charge < -0.3 is 15.4 Å². The molecule has 1 amide bonds. The number of carbonyl (C=O) groups excluding carboxylic acids is 2. The van der Waals surface area contributed by atoms with Gasteiger partial charge in [-0.15, -0.1) is 0 Å². The van der Waals surface area contributed by atoms with Gasteiger partial charge in [-0.2, -0.15) is 5.26 Å². The maximum Gasteiger partial charge on any atom is 0.340 e. The summed E-state index contributed by atoms with van der Waals surface area (Å²) >= 11 is 0. The second-order valence-corrected chi connectivity index (χ2v) is 5.83. The lowest BCUT2D eigenvalue weighted by molar-refractivity contribution is 0.0527. The van der Waals surface area contributed by atoms with Gasteiger partial charge >= 0.3 is 5.97 Å². The van der Waals surface area contributed by atoms with Crippen LogP contribution in [0, 0.1) is 11.3 Å². The van der Waals surface area contributed by atoms with Crippen LogP contribution in [0.2, 0.25) is 0 Å². The average molecular weight is 387 g/mol. The third-order valence-corrected chi connectivity index (χ3v) is 3.85. The quantitative estimate of drug-likeness (QED) is 0.621. The maximum atomic E-state index is 12.3. The zero-order valence-corrected chi connectivity index (χ0v) is 15.5. The number of rotatable bonds is 6. The lowest BCUT2D eigenvalue weighted by atomic mass is 10.2. The molecule has 0 bridgehead atoms. The number of para-hydroxylation sites is 1. The van der Waals surface area contributed by atoms with E-state index in [0.29, 0.717) is 22.5 Å². The van der Waals surface area contributed by atoms with Crippen molar-refractivity contribution in [2.24, 2.45) is 0 Å². The molecule has 0 aliphatic heterocycles. The molecule has 1 aromatic heterocycles. The number of nitrogens with one attached hydrogen (secondary N) is 2. The Bertz CT molecular complexity index is 1060.